The van der Waals surface area contributed by atoms with Gasteiger partial charge in [-0.3, -0.25) is 19.4 Å². The maximum absolute atomic E-state index is 13.0. The van der Waals surface area contributed by atoms with Crippen molar-refractivity contribution in [2.75, 3.05) is 5.32 Å². The zero-order valence-corrected chi connectivity index (χ0v) is 19.7. The molecule has 5 N–H and O–H groups in total. The molecule has 1 aliphatic rings. The average molecular weight is 502 g/mol. The predicted molar refractivity (Wildman–Crippen MR) is 138 cm³/mol. The lowest BCUT2D eigenvalue weighted by molar-refractivity contribution is -0.110. The fraction of sp³-hybridized carbons (Fsp3) is 0.0769. The maximum Gasteiger partial charge on any atom is 0.325 e. The van der Waals surface area contributed by atoms with Gasteiger partial charge in [0.2, 0.25) is 0 Å². The first-order valence-electron chi connectivity index (χ1n) is 11.0. The Morgan fingerprint density at radius 1 is 1.00 bits per heavy atom. The molecule has 10 heteroatoms. The molecule has 4 aromatic rings. The third kappa shape index (κ3) is 4.51. The summed E-state index contributed by atoms with van der Waals surface area (Å²) in [6.45, 7) is 1.74. The van der Waals surface area contributed by atoms with E-state index in [0.29, 0.717) is 33.1 Å². The molecule has 0 spiro atoms. The highest BCUT2D eigenvalue weighted by Crippen LogP contribution is 2.41. The van der Waals surface area contributed by atoms with E-state index in [4.69, 9.17) is 11.6 Å². The zero-order chi connectivity index (χ0) is 25.4. The summed E-state index contributed by atoms with van der Waals surface area (Å²) < 4.78 is 0. The van der Waals surface area contributed by atoms with E-state index in [2.05, 4.69) is 25.6 Å². The Morgan fingerprint density at radius 2 is 1.81 bits per heavy atom. The van der Waals surface area contributed by atoms with Crippen molar-refractivity contribution in [3.63, 3.8) is 0 Å². The number of hydrogen-bond acceptors (Lipinski definition) is 4. The van der Waals surface area contributed by atoms with Gasteiger partial charge in [-0.2, -0.15) is 0 Å². The summed E-state index contributed by atoms with van der Waals surface area (Å²) in [6.07, 6.45) is 1.65. The summed E-state index contributed by atoms with van der Waals surface area (Å²) >= 11 is 6.20. The molecule has 2 aromatic heterocycles. The van der Waals surface area contributed by atoms with Crippen LogP contribution in [0.4, 0.5) is 5.69 Å². The van der Waals surface area contributed by atoms with E-state index >= 15 is 0 Å². The van der Waals surface area contributed by atoms with E-state index in [0.717, 1.165) is 16.8 Å². The number of carbonyl (C=O) groups is 2. The molecule has 0 unspecified atom stereocenters. The minimum atomic E-state index is -0.656. The smallest absolute Gasteiger partial charge is 0.325 e. The second kappa shape index (κ2) is 9.20. The zero-order valence-electron chi connectivity index (χ0n) is 19.0. The van der Waals surface area contributed by atoms with Crippen LogP contribution in [0.25, 0.3) is 22.8 Å². The Balaban J connectivity index is 1.51. The van der Waals surface area contributed by atoms with Crippen LogP contribution in [0, 0.1) is 6.92 Å². The van der Waals surface area contributed by atoms with Crippen LogP contribution >= 0.6 is 11.6 Å². The number of hydrogen-bond donors (Lipinski definition) is 5. The third-order valence-electron chi connectivity index (χ3n) is 5.73. The first-order valence-corrected chi connectivity index (χ1v) is 11.4. The van der Waals surface area contributed by atoms with Crippen LogP contribution in [0.2, 0.25) is 5.02 Å². The van der Waals surface area contributed by atoms with E-state index in [1.807, 2.05) is 36.4 Å². The van der Waals surface area contributed by atoms with Crippen molar-refractivity contribution in [3.8, 4) is 11.1 Å². The number of aromatic amines is 3. The molecule has 36 heavy (non-hydrogen) atoms. The van der Waals surface area contributed by atoms with Gasteiger partial charge in [0.15, 0.2) is 0 Å². The summed E-state index contributed by atoms with van der Waals surface area (Å²) in [6, 6.07) is 15.8. The fourth-order valence-corrected chi connectivity index (χ4v) is 4.42. The van der Waals surface area contributed by atoms with E-state index in [1.165, 1.54) is 6.07 Å². The topological polar surface area (TPSA) is 140 Å². The largest absolute Gasteiger partial charge is 0.358 e. The molecule has 9 nitrogen and oxygen atoms in total. The molecule has 0 fully saturated rings. The minimum Gasteiger partial charge on any atom is -0.358 e. The number of aromatic nitrogens is 3. The molecule has 2 amide bonds. The number of benzene rings is 2. The summed E-state index contributed by atoms with van der Waals surface area (Å²) in [7, 11) is 0. The van der Waals surface area contributed by atoms with Crippen LogP contribution in [0.3, 0.4) is 0 Å². The molecule has 3 heterocycles. The highest BCUT2D eigenvalue weighted by atomic mass is 35.5. The Hall–Kier alpha value is -4.63. The van der Waals surface area contributed by atoms with Gasteiger partial charge in [-0.1, -0.05) is 35.9 Å². The lowest BCUT2D eigenvalue weighted by Gasteiger charge is -2.09. The van der Waals surface area contributed by atoms with Crippen molar-refractivity contribution >= 4 is 40.8 Å². The van der Waals surface area contributed by atoms with E-state index in [9.17, 15) is 19.2 Å². The van der Waals surface area contributed by atoms with Gasteiger partial charge in [-0.25, -0.2) is 4.79 Å². The Labute approximate surface area is 209 Å². The van der Waals surface area contributed by atoms with Gasteiger partial charge in [0.05, 0.1) is 23.4 Å². The molecule has 180 valence electrons. The molecule has 0 bridgehead atoms. The van der Waals surface area contributed by atoms with Gasteiger partial charge < -0.3 is 20.6 Å². The van der Waals surface area contributed by atoms with Gasteiger partial charge in [-0.15, -0.1) is 0 Å². The number of nitrogens with one attached hydrogen (secondary N) is 5. The summed E-state index contributed by atoms with van der Waals surface area (Å²) in [5, 5.41) is 6.16. The fourth-order valence-electron chi connectivity index (χ4n) is 4.23. The van der Waals surface area contributed by atoms with Gasteiger partial charge in [-0.05, 0) is 48.4 Å². The summed E-state index contributed by atoms with van der Waals surface area (Å²) in [5.74, 6) is -0.728. The number of rotatable bonds is 5. The van der Waals surface area contributed by atoms with Crippen molar-refractivity contribution in [1.29, 1.82) is 0 Å². The van der Waals surface area contributed by atoms with Crippen molar-refractivity contribution in [3.05, 3.63) is 109 Å². The van der Waals surface area contributed by atoms with Crippen LogP contribution in [0.1, 0.15) is 33.0 Å². The van der Waals surface area contributed by atoms with E-state index in [1.54, 1.807) is 25.1 Å². The molecule has 1 aliphatic heterocycles. The van der Waals surface area contributed by atoms with Crippen LogP contribution in [-0.2, 0) is 11.3 Å². The van der Waals surface area contributed by atoms with Gasteiger partial charge in [0.25, 0.3) is 17.4 Å². The number of H-pyrrole nitrogens is 3. The standard InChI is InChI=1S/C26H20ClN5O4/c1-13-8-18(24(34)28-12-16-10-22(33)32-26(36)30-16)21(29-13)11-19-23-17(14-4-2-5-15(27)9-14)6-3-7-20(23)31-25(19)35/h2-11,29H,12H2,1H3,(H,28,34)(H,31,35)(H2,30,32,33,36)/b19-11-. The third-order valence-corrected chi connectivity index (χ3v) is 5.97. The Bertz CT molecular complexity index is 1650. The summed E-state index contributed by atoms with van der Waals surface area (Å²) in [4.78, 5) is 56.6. The number of fused-ring (bicyclic) bond motifs is 1. The SMILES string of the molecule is Cc1cc(C(=O)NCc2cc(=O)[nH]c(=O)[nH]2)c(/C=C2\C(=O)Nc3cccc(-c4cccc(Cl)c4)c32)[nH]1. The van der Waals surface area contributed by atoms with E-state index in [-0.39, 0.29) is 18.1 Å². The molecule has 0 aliphatic carbocycles. The minimum absolute atomic E-state index is 0.0551. The molecule has 0 radical (unpaired) electrons. The number of carbonyl (C=O) groups excluding carboxylic acids is 2. The second-order valence-electron chi connectivity index (χ2n) is 8.33. The molecule has 5 rings (SSSR count). The van der Waals surface area contributed by atoms with Crippen LogP contribution < -0.4 is 21.9 Å². The van der Waals surface area contributed by atoms with Crippen molar-refractivity contribution in [1.82, 2.24) is 20.3 Å². The van der Waals surface area contributed by atoms with Crippen molar-refractivity contribution in [2.24, 2.45) is 0 Å². The number of anilines is 1. The lowest BCUT2D eigenvalue weighted by atomic mass is 9.94. The monoisotopic (exact) mass is 501 g/mol. The molecule has 0 saturated carbocycles. The van der Waals surface area contributed by atoms with Gasteiger partial charge in [0, 0.05) is 33.7 Å². The average Bonchev–Trinajstić information content (AvgIpc) is 3.36. The highest BCUT2D eigenvalue weighted by molar-refractivity contribution is 6.36. The normalized spacial score (nSPS) is 13.5. The van der Waals surface area contributed by atoms with Crippen LogP contribution in [0.5, 0.6) is 0 Å². The molecular formula is C26H20ClN5O4. The number of halogens is 1. The van der Waals surface area contributed by atoms with Crippen molar-refractivity contribution in [2.45, 2.75) is 13.5 Å². The van der Waals surface area contributed by atoms with Crippen LogP contribution in [0.15, 0.2) is 64.2 Å². The maximum atomic E-state index is 13.0. The second-order valence-corrected chi connectivity index (χ2v) is 8.76. The molecule has 0 atom stereocenters. The number of amides is 2. The quantitative estimate of drug-likeness (QED) is 0.267. The lowest BCUT2D eigenvalue weighted by Crippen LogP contribution is -2.28. The Kier molecular flexibility index (Phi) is 5.91. The van der Waals surface area contributed by atoms with Crippen molar-refractivity contribution < 1.29 is 9.59 Å². The van der Waals surface area contributed by atoms with E-state index < -0.39 is 17.2 Å². The first kappa shape index (κ1) is 23.1. The van der Waals surface area contributed by atoms with Crippen LogP contribution in [-0.4, -0.2) is 26.8 Å². The Morgan fingerprint density at radius 3 is 2.58 bits per heavy atom. The number of aryl methyl sites for hydroxylation is 1. The highest BCUT2D eigenvalue weighted by Gasteiger charge is 2.28. The summed E-state index contributed by atoms with van der Waals surface area (Å²) in [5.41, 5.74) is 3.98. The molecule has 2 aromatic carbocycles. The van der Waals surface area contributed by atoms with Gasteiger partial charge in [0.1, 0.15) is 0 Å². The van der Waals surface area contributed by atoms with Gasteiger partial charge >= 0.3 is 5.69 Å². The molecular weight excluding hydrogens is 482 g/mol. The predicted octanol–water partition coefficient (Wildman–Crippen LogP) is 3.44. The molecule has 0 saturated heterocycles. The first-order chi connectivity index (χ1) is 17.3.